The van der Waals surface area contributed by atoms with Crippen molar-refractivity contribution in [1.82, 2.24) is 14.8 Å². The molecular formula is C19H26N4O3. The van der Waals surface area contributed by atoms with Crippen molar-refractivity contribution in [1.29, 1.82) is 0 Å². The van der Waals surface area contributed by atoms with E-state index in [4.69, 9.17) is 4.74 Å². The number of ether oxygens (including phenoxy) is 1. The number of aromatic nitrogens is 1. The lowest BCUT2D eigenvalue weighted by atomic mass is 10.1. The van der Waals surface area contributed by atoms with Gasteiger partial charge in [0.1, 0.15) is 6.10 Å². The molecule has 1 aromatic heterocycles. The number of rotatable bonds is 4. The van der Waals surface area contributed by atoms with Gasteiger partial charge in [-0.2, -0.15) is 0 Å². The maximum absolute atomic E-state index is 12.4. The smallest absolute Gasteiger partial charge is 0.320 e. The van der Waals surface area contributed by atoms with Crippen LogP contribution in [0, 0.1) is 5.92 Å². The van der Waals surface area contributed by atoms with E-state index < -0.39 is 0 Å². The second-order valence-electron chi connectivity index (χ2n) is 7.43. The van der Waals surface area contributed by atoms with Crippen molar-refractivity contribution in [3.63, 3.8) is 0 Å². The molecule has 1 aliphatic carbocycles. The number of urea groups is 1. The van der Waals surface area contributed by atoms with Gasteiger partial charge in [0.25, 0.3) is 0 Å². The largest absolute Gasteiger partial charge is 0.474 e. The molecule has 3 amide bonds. The van der Waals surface area contributed by atoms with Gasteiger partial charge in [-0.3, -0.25) is 4.79 Å². The van der Waals surface area contributed by atoms with Gasteiger partial charge in [-0.05, 0) is 31.7 Å². The molecule has 0 bridgehead atoms. The minimum atomic E-state index is 0.0792. The average molecular weight is 358 g/mol. The highest BCUT2D eigenvalue weighted by molar-refractivity contribution is 5.93. The number of likely N-dealkylation sites (tertiary alicyclic amines) is 2. The molecular weight excluding hydrogens is 332 g/mol. The molecule has 0 spiro atoms. The molecule has 3 heterocycles. The second-order valence-corrected chi connectivity index (χ2v) is 7.43. The Morgan fingerprint density at radius 1 is 1.00 bits per heavy atom. The Morgan fingerprint density at radius 2 is 1.69 bits per heavy atom. The molecule has 1 saturated carbocycles. The Kier molecular flexibility index (Phi) is 4.95. The first kappa shape index (κ1) is 17.1. The molecule has 2 aliphatic heterocycles. The summed E-state index contributed by atoms with van der Waals surface area (Å²) in [5, 5.41) is 2.87. The summed E-state index contributed by atoms with van der Waals surface area (Å²) in [6.07, 6.45) is 7.57. The van der Waals surface area contributed by atoms with E-state index in [9.17, 15) is 9.59 Å². The van der Waals surface area contributed by atoms with E-state index in [0.717, 1.165) is 64.7 Å². The lowest BCUT2D eigenvalue weighted by molar-refractivity contribution is -0.117. The van der Waals surface area contributed by atoms with Crippen LogP contribution in [-0.2, 0) is 4.79 Å². The number of anilines is 1. The Morgan fingerprint density at radius 3 is 2.31 bits per heavy atom. The van der Waals surface area contributed by atoms with Crippen molar-refractivity contribution < 1.29 is 14.3 Å². The zero-order valence-electron chi connectivity index (χ0n) is 15.0. The van der Waals surface area contributed by atoms with Crippen molar-refractivity contribution in [2.45, 2.75) is 44.6 Å². The Hall–Kier alpha value is -2.31. The maximum atomic E-state index is 12.4. The van der Waals surface area contributed by atoms with Crippen molar-refractivity contribution in [3.05, 3.63) is 18.3 Å². The lowest BCUT2D eigenvalue weighted by Gasteiger charge is -2.34. The number of hydrogen-bond acceptors (Lipinski definition) is 4. The summed E-state index contributed by atoms with van der Waals surface area (Å²) in [4.78, 5) is 32.4. The molecule has 7 heteroatoms. The van der Waals surface area contributed by atoms with E-state index in [-0.39, 0.29) is 24.0 Å². The number of nitrogens with one attached hydrogen (secondary N) is 1. The first-order valence-corrected chi connectivity index (χ1v) is 9.66. The highest BCUT2D eigenvalue weighted by atomic mass is 16.5. The van der Waals surface area contributed by atoms with E-state index in [1.54, 1.807) is 12.3 Å². The molecule has 26 heavy (non-hydrogen) atoms. The van der Waals surface area contributed by atoms with Crippen LogP contribution in [0.5, 0.6) is 5.88 Å². The molecule has 1 aromatic rings. The molecule has 0 unspecified atom stereocenters. The summed E-state index contributed by atoms with van der Waals surface area (Å²) >= 11 is 0. The first-order chi connectivity index (χ1) is 12.7. The van der Waals surface area contributed by atoms with Crippen molar-refractivity contribution in [2.75, 3.05) is 31.5 Å². The number of hydrogen-bond donors (Lipinski definition) is 1. The number of carbonyl (C=O) groups is 2. The van der Waals surface area contributed by atoms with Gasteiger partial charge in [-0.15, -0.1) is 0 Å². The zero-order chi connectivity index (χ0) is 17.9. The summed E-state index contributed by atoms with van der Waals surface area (Å²) in [6, 6.07) is 3.80. The van der Waals surface area contributed by atoms with Crippen LogP contribution in [0.4, 0.5) is 10.5 Å². The number of nitrogens with zero attached hydrogens (tertiary/aromatic N) is 3. The molecule has 140 valence electrons. The Bertz CT molecular complexity index is 645. The van der Waals surface area contributed by atoms with Crippen LogP contribution in [0.3, 0.4) is 0 Å². The fourth-order valence-electron chi connectivity index (χ4n) is 3.56. The Labute approximate surface area is 153 Å². The first-order valence-electron chi connectivity index (χ1n) is 9.66. The molecule has 3 fully saturated rings. The fraction of sp³-hybridized carbons (Fsp3) is 0.632. The van der Waals surface area contributed by atoms with E-state index in [1.807, 2.05) is 15.9 Å². The summed E-state index contributed by atoms with van der Waals surface area (Å²) in [7, 11) is 0. The standard InChI is InChI=1S/C19H26N4O3/c24-18(14-3-4-14)21-15-5-6-17(20-13-15)26-16-7-11-23(12-8-16)19(25)22-9-1-2-10-22/h5-6,13-14,16H,1-4,7-12H2,(H,21,24). The van der Waals surface area contributed by atoms with Crippen LogP contribution < -0.4 is 10.1 Å². The topological polar surface area (TPSA) is 74.8 Å². The lowest BCUT2D eigenvalue weighted by Crippen LogP contribution is -2.47. The monoisotopic (exact) mass is 358 g/mol. The molecule has 0 radical (unpaired) electrons. The highest BCUT2D eigenvalue weighted by Gasteiger charge is 2.30. The van der Waals surface area contributed by atoms with Crippen LogP contribution in [0.1, 0.15) is 38.5 Å². The predicted molar refractivity (Wildman–Crippen MR) is 97.0 cm³/mol. The summed E-state index contributed by atoms with van der Waals surface area (Å²) in [5.74, 6) is 0.827. The number of carbonyl (C=O) groups excluding carboxylic acids is 2. The second kappa shape index (κ2) is 7.51. The number of piperidine rings is 1. The third-order valence-corrected chi connectivity index (χ3v) is 5.33. The van der Waals surface area contributed by atoms with Crippen LogP contribution in [0.25, 0.3) is 0 Å². The summed E-state index contributed by atoms with van der Waals surface area (Å²) < 4.78 is 5.95. The summed E-state index contributed by atoms with van der Waals surface area (Å²) in [5.41, 5.74) is 0.709. The average Bonchev–Trinajstić information content (AvgIpc) is 3.38. The van der Waals surface area contributed by atoms with E-state index in [0.29, 0.717) is 11.6 Å². The van der Waals surface area contributed by atoms with E-state index in [2.05, 4.69) is 10.3 Å². The van der Waals surface area contributed by atoms with Gasteiger partial charge < -0.3 is 19.9 Å². The van der Waals surface area contributed by atoms with Gasteiger partial charge >= 0.3 is 6.03 Å². The SMILES string of the molecule is O=C(Nc1ccc(OC2CCN(C(=O)N3CCCC3)CC2)nc1)C1CC1. The molecule has 0 atom stereocenters. The molecule has 4 rings (SSSR count). The van der Waals surface area contributed by atoms with Gasteiger partial charge in [0.05, 0.1) is 11.9 Å². The molecule has 7 nitrogen and oxygen atoms in total. The van der Waals surface area contributed by atoms with Crippen LogP contribution in [-0.4, -0.2) is 59.0 Å². The summed E-state index contributed by atoms with van der Waals surface area (Å²) in [6.45, 7) is 3.25. The molecule has 3 aliphatic rings. The third-order valence-electron chi connectivity index (χ3n) is 5.33. The highest BCUT2D eigenvalue weighted by Crippen LogP contribution is 2.30. The Balaban J connectivity index is 1.23. The van der Waals surface area contributed by atoms with Gasteiger partial charge in [-0.25, -0.2) is 9.78 Å². The molecule has 0 aromatic carbocycles. The van der Waals surface area contributed by atoms with Gasteiger partial charge in [0, 0.05) is 51.0 Å². The molecule has 1 N–H and O–H groups in total. The van der Waals surface area contributed by atoms with E-state index >= 15 is 0 Å². The third kappa shape index (κ3) is 4.08. The molecule has 2 saturated heterocycles. The van der Waals surface area contributed by atoms with Crippen LogP contribution >= 0.6 is 0 Å². The van der Waals surface area contributed by atoms with Gasteiger partial charge in [0.15, 0.2) is 0 Å². The predicted octanol–water partition coefficient (Wildman–Crippen LogP) is 2.49. The van der Waals surface area contributed by atoms with Crippen molar-refractivity contribution >= 4 is 17.6 Å². The van der Waals surface area contributed by atoms with Crippen molar-refractivity contribution in [2.24, 2.45) is 5.92 Å². The maximum Gasteiger partial charge on any atom is 0.320 e. The van der Waals surface area contributed by atoms with Gasteiger partial charge in [0.2, 0.25) is 11.8 Å². The minimum Gasteiger partial charge on any atom is -0.474 e. The van der Waals surface area contributed by atoms with Crippen LogP contribution in [0.2, 0.25) is 0 Å². The minimum absolute atomic E-state index is 0.0792. The van der Waals surface area contributed by atoms with E-state index in [1.165, 1.54) is 0 Å². The number of amides is 3. The van der Waals surface area contributed by atoms with Crippen molar-refractivity contribution in [3.8, 4) is 5.88 Å². The van der Waals surface area contributed by atoms with Crippen LogP contribution in [0.15, 0.2) is 18.3 Å². The quantitative estimate of drug-likeness (QED) is 0.897. The number of pyridine rings is 1. The fourth-order valence-corrected chi connectivity index (χ4v) is 3.56. The van der Waals surface area contributed by atoms with Gasteiger partial charge in [-0.1, -0.05) is 0 Å². The normalized spacial score (nSPS) is 20.9. The zero-order valence-corrected chi connectivity index (χ0v) is 15.0.